The van der Waals surface area contributed by atoms with Crippen LogP contribution in [0.5, 0.6) is 0 Å². The predicted octanol–water partition coefficient (Wildman–Crippen LogP) is -0.535. The molecule has 0 aromatic carbocycles. The highest BCUT2D eigenvalue weighted by Crippen LogP contribution is 2.13. The largest absolute Gasteiger partial charge is 1.00 e. The summed E-state index contributed by atoms with van der Waals surface area (Å²) in [4.78, 5) is 0. The van der Waals surface area contributed by atoms with Gasteiger partial charge in [0, 0.05) is 12.8 Å². The molecule has 0 spiro atoms. The molecule has 1 heterocycles. The Hall–Kier alpha value is 0.250. The second kappa shape index (κ2) is 8.55. The summed E-state index contributed by atoms with van der Waals surface area (Å²) < 4.78 is 0. The molecule has 0 aromatic rings. The molecule has 0 aliphatic carbocycles. The van der Waals surface area contributed by atoms with Crippen LogP contribution in [0.4, 0.5) is 0 Å². The fourth-order valence-corrected chi connectivity index (χ4v) is 2.51. The standard InChI is InChI=1S/C12H25N.ClH/c1-3-5-6-8-12-10-9-11(13-12)7-4-2;/h11-13H,3-10H2,1-2H3;1H/t11-,12-;/m1./s1. The summed E-state index contributed by atoms with van der Waals surface area (Å²) in [5, 5.41) is 2.65. The molecule has 1 fully saturated rings. The third-order valence-corrected chi connectivity index (χ3v) is 3.29. The molecule has 86 valence electrons. The van der Waals surface area contributed by atoms with Crippen LogP contribution in [0.25, 0.3) is 0 Å². The number of hydrogen-bond donors (Lipinski definition) is 1. The second-order valence-electron chi connectivity index (χ2n) is 4.57. The van der Waals surface area contributed by atoms with Gasteiger partial charge in [-0.05, 0) is 19.3 Å². The molecule has 1 nitrogen and oxygen atoms in total. The first-order chi connectivity index (χ1) is 6.36. The van der Waals surface area contributed by atoms with E-state index in [-0.39, 0.29) is 12.4 Å². The number of rotatable bonds is 6. The average molecular weight is 220 g/mol. The molecule has 1 aliphatic heterocycles. The summed E-state index contributed by atoms with van der Waals surface area (Å²) in [6.07, 6.45) is 11.5. The molecule has 0 aromatic heterocycles. The maximum Gasteiger partial charge on any atom is 0.0863 e. The zero-order valence-corrected chi connectivity index (χ0v) is 10.5. The van der Waals surface area contributed by atoms with E-state index in [0.29, 0.717) is 0 Å². The summed E-state index contributed by atoms with van der Waals surface area (Å²) in [6.45, 7) is 4.59. The molecule has 2 atom stereocenters. The van der Waals surface area contributed by atoms with Crippen LogP contribution in [0.3, 0.4) is 0 Å². The average Bonchev–Trinajstić information content (AvgIpc) is 2.54. The fourth-order valence-electron chi connectivity index (χ4n) is 2.51. The van der Waals surface area contributed by atoms with Crippen molar-refractivity contribution in [1.29, 1.82) is 0 Å². The van der Waals surface area contributed by atoms with Crippen LogP contribution in [0.1, 0.15) is 65.2 Å². The number of unbranched alkanes of at least 4 members (excludes halogenated alkanes) is 2. The van der Waals surface area contributed by atoms with E-state index in [9.17, 15) is 0 Å². The number of halogens is 1. The molecule has 0 radical (unpaired) electrons. The van der Waals surface area contributed by atoms with Gasteiger partial charge in [0.1, 0.15) is 0 Å². The van der Waals surface area contributed by atoms with E-state index in [4.69, 9.17) is 0 Å². The van der Waals surface area contributed by atoms with Crippen molar-refractivity contribution in [2.75, 3.05) is 0 Å². The lowest BCUT2D eigenvalue weighted by Gasteiger charge is -2.09. The summed E-state index contributed by atoms with van der Waals surface area (Å²) in [5.41, 5.74) is 0. The van der Waals surface area contributed by atoms with Crippen molar-refractivity contribution in [3.05, 3.63) is 0 Å². The minimum absolute atomic E-state index is 0. The topological polar surface area (TPSA) is 16.6 Å². The molecule has 1 rings (SSSR count). The highest BCUT2D eigenvalue weighted by atomic mass is 35.5. The maximum absolute atomic E-state index is 2.65. The Kier molecular flexibility index (Phi) is 8.70. The van der Waals surface area contributed by atoms with E-state index in [1.807, 2.05) is 0 Å². The van der Waals surface area contributed by atoms with Crippen molar-refractivity contribution in [1.82, 2.24) is 0 Å². The zero-order valence-electron chi connectivity index (χ0n) is 9.77. The minimum atomic E-state index is 0. The molecular formula is C12H26ClN. The number of nitrogens with two attached hydrogens (primary N) is 1. The highest BCUT2D eigenvalue weighted by molar-refractivity contribution is 4.67. The third-order valence-electron chi connectivity index (χ3n) is 3.29. The first kappa shape index (κ1) is 14.2. The molecular weight excluding hydrogens is 194 g/mol. The maximum atomic E-state index is 2.65. The van der Waals surface area contributed by atoms with Crippen molar-refractivity contribution in [3.8, 4) is 0 Å². The molecule has 1 saturated heterocycles. The molecule has 14 heavy (non-hydrogen) atoms. The lowest BCUT2D eigenvalue weighted by Crippen LogP contribution is -3.00. The van der Waals surface area contributed by atoms with Crippen molar-refractivity contribution in [2.45, 2.75) is 77.3 Å². The molecule has 1 aliphatic rings. The van der Waals surface area contributed by atoms with Gasteiger partial charge < -0.3 is 17.7 Å². The Labute approximate surface area is 95.5 Å². The Balaban J connectivity index is 0.00000169. The Bertz CT molecular complexity index is 127. The SMILES string of the molecule is CCCCC[C@@H]1CC[C@@H](CCC)[NH2+]1.[Cl-]. The van der Waals surface area contributed by atoms with Crippen molar-refractivity contribution < 1.29 is 17.7 Å². The van der Waals surface area contributed by atoms with Crippen molar-refractivity contribution in [3.63, 3.8) is 0 Å². The molecule has 0 saturated carbocycles. The summed E-state index contributed by atoms with van der Waals surface area (Å²) >= 11 is 0. The quantitative estimate of drug-likeness (QED) is 0.579. The van der Waals surface area contributed by atoms with Crippen LogP contribution >= 0.6 is 0 Å². The van der Waals surface area contributed by atoms with E-state index < -0.39 is 0 Å². The van der Waals surface area contributed by atoms with Crippen molar-refractivity contribution in [2.24, 2.45) is 0 Å². The lowest BCUT2D eigenvalue weighted by molar-refractivity contribution is -0.702. The highest BCUT2D eigenvalue weighted by Gasteiger charge is 2.26. The van der Waals surface area contributed by atoms with Gasteiger partial charge in [-0.1, -0.05) is 33.1 Å². The van der Waals surface area contributed by atoms with Gasteiger partial charge in [0.25, 0.3) is 0 Å². The zero-order chi connectivity index (χ0) is 9.52. The van der Waals surface area contributed by atoms with Gasteiger partial charge in [0.15, 0.2) is 0 Å². The van der Waals surface area contributed by atoms with Crippen LogP contribution in [0.2, 0.25) is 0 Å². The smallest absolute Gasteiger partial charge is 0.0863 e. The lowest BCUT2D eigenvalue weighted by atomic mass is 10.1. The summed E-state index contributed by atoms with van der Waals surface area (Å²) in [5.74, 6) is 0. The van der Waals surface area contributed by atoms with Crippen LogP contribution in [-0.4, -0.2) is 12.1 Å². The van der Waals surface area contributed by atoms with E-state index in [0.717, 1.165) is 12.1 Å². The minimum Gasteiger partial charge on any atom is -1.00 e. The van der Waals surface area contributed by atoms with E-state index in [1.165, 1.54) is 51.4 Å². The van der Waals surface area contributed by atoms with Gasteiger partial charge in [-0.2, -0.15) is 0 Å². The van der Waals surface area contributed by atoms with Crippen LogP contribution in [0, 0.1) is 0 Å². The molecule has 0 amide bonds. The predicted molar refractivity (Wildman–Crippen MR) is 57.8 cm³/mol. The summed E-state index contributed by atoms with van der Waals surface area (Å²) in [6, 6.07) is 1.94. The molecule has 2 N–H and O–H groups in total. The Morgan fingerprint density at radius 3 is 2.14 bits per heavy atom. The third kappa shape index (κ3) is 5.21. The Morgan fingerprint density at radius 2 is 1.57 bits per heavy atom. The molecule has 0 bridgehead atoms. The van der Waals surface area contributed by atoms with Crippen molar-refractivity contribution >= 4 is 0 Å². The van der Waals surface area contributed by atoms with Gasteiger partial charge in [-0.25, -0.2) is 0 Å². The number of quaternary nitrogens is 1. The first-order valence-corrected chi connectivity index (χ1v) is 6.21. The first-order valence-electron chi connectivity index (χ1n) is 6.21. The normalized spacial score (nSPS) is 26.1. The molecule has 0 unspecified atom stereocenters. The summed E-state index contributed by atoms with van der Waals surface area (Å²) in [7, 11) is 0. The van der Waals surface area contributed by atoms with E-state index >= 15 is 0 Å². The van der Waals surface area contributed by atoms with Crippen LogP contribution < -0.4 is 17.7 Å². The van der Waals surface area contributed by atoms with Gasteiger partial charge >= 0.3 is 0 Å². The fraction of sp³-hybridized carbons (Fsp3) is 1.00. The van der Waals surface area contributed by atoms with Crippen LogP contribution in [0.15, 0.2) is 0 Å². The van der Waals surface area contributed by atoms with E-state index in [1.54, 1.807) is 0 Å². The van der Waals surface area contributed by atoms with E-state index in [2.05, 4.69) is 19.2 Å². The van der Waals surface area contributed by atoms with Gasteiger partial charge in [0.05, 0.1) is 12.1 Å². The molecule has 2 heteroatoms. The van der Waals surface area contributed by atoms with Crippen LogP contribution in [-0.2, 0) is 0 Å². The van der Waals surface area contributed by atoms with Gasteiger partial charge in [-0.15, -0.1) is 0 Å². The monoisotopic (exact) mass is 219 g/mol. The Morgan fingerprint density at radius 1 is 0.929 bits per heavy atom. The number of hydrogen-bond acceptors (Lipinski definition) is 0. The van der Waals surface area contributed by atoms with Gasteiger partial charge in [0.2, 0.25) is 0 Å². The second-order valence-corrected chi connectivity index (χ2v) is 4.57. The van der Waals surface area contributed by atoms with Gasteiger partial charge in [-0.3, -0.25) is 0 Å².